The van der Waals surface area contributed by atoms with Gasteiger partial charge >= 0.3 is 5.97 Å². The lowest BCUT2D eigenvalue weighted by Crippen LogP contribution is -2.53. The van der Waals surface area contributed by atoms with Crippen molar-refractivity contribution in [3.05, 3.63) is 29.8 Å². The van der Waals surface area contributed by atoms with Crippen molar-refractivity contribution in [2.45, 2.75) is 39.2 Å². The van der Waals surface area contributed by atoms with Gasteiger partial charge in [-0.25, -0.2) is 4.79 Å². The molecule has 1 aromatic carbocycles. The SMILES string of the molecule is CCCc1ccc(OCC(C)(NC)C(=O)OCC)cc1. The van der Waals surface area contributed by atoms with Crippen molar-refractivity contribution in [1.29, 1.82) is 0 Å². The second-order valence-corrected chi connectivity index (χ2v) is 4.99. The van der Waals surface area contributed by atoms with E-state index >= 15 is 0 Å². The molecule has 0 aliphatic heterocycles. The lowest BCUT2D eigenvalue weighted by Gasteiger charge is -2.26. The molecule has 1 atom stereocenters. The molecule has 0 saturated heterocycles. The highest BCUT2D eigenvalue weighted by Crippen LogP contribution is 2.16. The maximum atomic E-state index is 11.9. The van der Waals surface area contributed by atoms with Crippen LogP contribution in [0.15, 0.2) is 24.3 Å². The summed E-state index contributed by atoms with van der Waals surface area (Å²) in [6.07, 6.45) is 2.19. The fourth-order valence-corrected chi connectivity index (χ4v) is 1.79. The highest BCUT2D eigenvalue weighted by Gasteiger charge is 2.34. The van der Waals surface area contributed by atoms with Crippen LogP contribution in [0.1, 0.15) is 32.8 Å². The molecule has 0 saturated carbocycles. The van der Waals surface area contributed by atoms with Crippen LogP contribution in [-0.4, -0.2) is 31.8 Å². The number of carbonyl (C=O) groups excluding carboxylic acids is 1. The third-order valence-electron chi connectivity index (χ3n) is 3.27. The summed E-state index contributed by atoms with van der Waals surface area (Å²) in [5.41, 5.74) is 0.458. The van der Waals surface area contributed by atoms with Crippen LogP contribution in [0.2, 0.25) is 0 Å². The average Bonchev–Trinajstić information content (AvgIpc) is 2.47. The maximum Gasteiger partial charge on any atom is 0.329 e. The number of esters is 1. The molecule has 0 aliphatic carbocycles. The summed E-state index contributed by atoms with van der Waals surface area (Å²) in [7, 11) is 1.73. The van der Waals surface area contributed by atoms with Gasteiger partial charge < -0.3 is 14.8 Å². The maximum absolute atomic E-state index is 11.9. The van der Waals surface area contributed by atoms with Gasteiger partial charge in [0, 0.05) is 0 Å². The van der Waals surface area contributed by atoms with E-state index in [-0.39, 0.29) is 12.6 Å². The molecule has 0 radical (unpaired) electrons. The molecule has 0 spiro atoms. The number of likely N-dealkylation sites (N-methyl/N-ethyl adjacent to an activating group) is 1. The molecule has 0 aromatic heterocycles. The smallest absolute Gasteiger partial charge is 0.329 e. The Morgan fingerprint density at radius 1 is 1.25 bits per heavy atom. The summed E-state index contributed by atoms with van der Waals surface area (Å²) in [6.45, 7) is 6.32. The monoisotopic (exact) mass is 279 g/mol. The molecule has 0 fully saturated rings. The van der Waals surface area contributed by atoms with Gasteiger partial charge in [0.1, 0.15) is 17.9 Å². The predicted molar refractivity (Wildman–Crippen MR) is 80.0 cm³/mol. The molecule has 1 aromatic rings. The van der Waals surface area contributed by atoms with Crippen LogP contribution >= 0.6 is 0 Å². The molecule has 0 amide bonds. The Kier molecular flexibility index (Phi) is 6.52. The Morgan fingerprint density at radius 3 is 2.40 bits per heavy atom. The molecule has 112 valence electrons. The molecular formula is C16H25NO3. The highest BCUT2D eigenvalue weighted by molar-refractivity contribution is 5.80. The number of nitrogens with one attached hydrogen (secondary N) is 1. The molecule has 1 rings (SSSR count). The molecule has 20 heavy (non-hydrogen) atoms. The van der Waals surface area contributed by atoms with E-state index < -0.39 is 5.54 Å². The van der Waals surface area contributed by atoms with Crippen molar-refractivity contribution >= 4 is 5.97 Å². The van der Waals surface area contributed by atoms with Gasteiger partial charge in [-0.15, -0.1) is 0 Å². The van der Waals surface area contributed by atoms with E-state index in [1.54, 1.807) is 20.9 Å². The van der Waals surface area contributed by atoms with Crippen LogP contribution < -0.4 is 10.1 Å². The quantitative estimate of drug-likeness (QED) is 0.743. The molecule has 1 N–H and O–H groups in total. The standard InChI is InChI=1S/C16H25NO3/c1-5-7-13-8-10-14(11-9-13)20-12-16(3,17-4)15(18)19-6-2/h8-11,17H,5-7,12H2,1-4H3. The minimum absolute atomic E-state index is 0.232. The van der Waals surface area contributed by atoms with Gasteiger partial charge in [0.2, 0.25) is 0 Å². The predicted octanol–water partition coefficient (Wildman–Crippen LogP) is 2.56. The zero-order valence-corrected chi connectivity index (χ0v) is 12.9. The fourth-order valence-electron chi connectivity index (χ4n) is 1.79. The van der Waals surface area contributed by atoms with Crippen molar-refractivity contribution in [2.24, 2.45) is 0 Å². The van der Waals surface area contributed by atoms with E-state index in [2.05, 4.69) is 24.4 Å². The van der Waals surface area contributed by atoms with E-state index in [1.165, 1.54) is 5.56 Å². The first-order valence-electron chi connectivity index (χ1n) is 7.13. The summed E-state index contributed by atoms with van der Waals surface area (Å²) >= 11 is 0. The molecular weight excluding hydrogens is 254 g/mol. The first-order chi connectivity index (χ1) is 9.55. The van der Waals surface area contributed by atoms with Gasteiger partial charge in [-0.05, 0) is 45.0 Å². The van der Waals surface area contributed by atoms with Gasteiger partial charge in [0.15, 0.2) is 0 Å². The number of benzene rings is 1. The van der Waals surface area contributed by atoms with Crippen molar-refractivity contribution < 1.29 is 14.3 Å². The van der Waals surface area contributed by atoms with Crippen LogP contribution in [0.5, 0.6) is 5.75 Å². The topological polar surface area (TPSA) is 47.6 Å². The van der Waals surface area contributed by atoms with Crippen molar-refractivity contribution in [3.8, 4) is 5.75 Å². The summed E-state index contributed by atoms with van der Waals surface area (Å²) in [5, 5.41) is 2.97. The third-order valence-corrected chi connectivity index (χ3v) is 3.27. The number of ether oxygens (including phenoxy) is 2. The number of hydrogen-bond donors (Lipinski definition) is 1. The Morgan fingerprint density at radius 2 is 1.90 bits per heavy atom. The molecule has 0 heterocycles. The zero-order chi connectivity index (χ0) is 15.0. The van der Waals surface area contributed by atoms with Gasteiger partial charge in [-0.2, -0.15) is 0 Å². The fraction of sp³-hybridized carbons (Fsp3) is 0.562. The number of carbonyl (C=O) groups is 1. The Labute approximate surface area is 121 Å². The van der Waals surface area contributed by atoms with Gasteiger partial charge in [0.25, 0.3) is 0 Å². The van der Waals surface area contributed by atoms with Crippen LogP contribution in [0, 0.1) is 0 Å². The average molecular weight is 279 g/mol. The normalized spacial score (nSPS) is 13.6. The Hall–Kier alpha value is -1.55. The molecule has 4 nitrogen and oxygen atoms in total. The van der Waals surface area contributed by atoms with Crippen LogP contribution in [-0.2, 0) is 16.0 Å². The number of aryl methyl sites for hydroxylation is 1. The number of hydrogen-bond acceptors (Lipinski definition) is 4. The first kappa shape index (κ1) is 16.5. The minimum Gasteiger partial charge on any atom is -0.491 e. The molecule has 4 heteroatoms. The summed E-state index contributed by atoms with van der Waals surface area (Å²) < 4.78 is 10.8. The van der Waals surface area contributed by atoms with E-state index in [0.717, 1.165) is 18.6 Å². The van der Waals surface area contributed by atoms with E-state index in [1.807, 2.05) is 12.1 Å². The largest absolute Gasteiger partial charge is 0.491 e. The van der Waals surface area contributed by atoms with Crippen molar-refractivity contribution in [1.82, 2.24) is 5.32 Å². The van der Waals surface area contributed by atoms with Crippen LogP contribution in [0.4, 0.5) is 0 Å². The van der Waals surface area contributed by atoms with Crippen LogP contribution in [0.25, 0.3) is 0 Å². The van der Waals surface area contributed by atoms with Gasteiger partial charge in [0.05, 0.1) is 6.61 Å². The second-order valence-electron chi connectivity index (χ2n) is 4.99. The van der Waals surface area contributed by atoms with E-state index in [9.17, 15) is 4.79 Å². The van der Waals surface area contributed by atoms with Crippen molar-refractivity contribution in [3.63, 3.8) is 0 Å². The van der Waals surface area contributed by atoms with Crippen molar-refractivity contribution in [2.75, 3.05) is 20.3 Å². The summed E-state index contributed by atoms with van der Waals surface area (Å²) in [5.74, 6) is 0.459. The molecule has 0 aliphatic rings. The molecule has 0 bridgehead atoms. The minimum atomic E-state index is -0.835. The molecule has 1 unspecified atom stereocenters. The third kappa shape index (κ3) is 4.53. The summed E-state index contributed by atoms with van der Waals surface area (Å²) in [4.78, 5) is 11.9. The zero-order valence-electron chi connectivity index (χ0n) is 12.9. The number of rotatable bonds is 8. The van der Waals surface area contributed by atoms with Crippen LogP contribution in [0.3, 0.4) is 0 Å². The van der Waals surface area contributed by atoms with E-state index in [0.29, 0.717) is 6.61 Å². The van der Waals surface area contributed by atoms with Gasteiger partial charge in [-0.3, -0.25) is 0 Å². The lowest BCUT2D eigenvalue weighted by molar-refractivity contribution is -0.151. The Balaban J connectivity index is 2.61. The van der Waals surface area contributed by atoms with E-state index in [4.69, 9.17) is 9.47 Å². The summed E-state index contributed by atoms with van der Waals surface area (Å²) in [6, 6.07) is 7.98. The highest BCUT2D eigenvalue weighted by atomic mass is 16.5. The second kappa shape index (κ2) is 7.90. The lowest BCUT2D eigenvalue weighted by atomic mass is 10.0. The first-order valence-corrected chi connectivity index (χ1v) is 7.13. The Bertz CT molecular complexity index is 416. The van der Waals surface area contributed by atoms with Gasteiger partial charge in [-0.1, -0.05) is 25.5 Å².